The van der Waals surface area contributed by atoms with Crippen molar-refractivity contribution in [2.75, 3.05) is 7.11 Å². The number of carboxylic acids is 1. The molecule has 1 aromatic carbocycles. The summed E-state index contributed by atoms with van der Waals surface area (Å²) in [6, 6.07) is 1.37. The monoisotopic (exact) mass is 280 g/mol. The standard InChI is InChI=1S/C14H16O6/c1-7-6-10(8(2)15)13(17)9(12(7)16)4-5-11(20-3)14(18)19/h4-6,11,16-17H,1-3H3,(H,18,19)/b5-4+. The fraction of sp³-hybridized carbons (Fsp3) is 0.286. The van der Waals surface area contributed by atoms with E-state index in [9.17, 15) is 19.8 Å². The summed E-state index contributed by atoms with van der Waals surface area (Å²) >= 11 is 0. The number of phenolic OH excluding ortho intramolecular Hbond substituents is 2. The first kappa shape index (κ1) is 15.7. The van der Waals surface area contributed by atoms with Crippen LogP contribution in [0.15, 0.2) is 12.1 Å². The van der Waals surface area contributed by atoms with Crippen LogP contribution in [0.4, 0.5) is 0 Å². The Kier molecular flexibility index (Phi) is 4.88. The lowest BCUT2D eigenvalue weighted by Crippen LogP contribution is -2.19. The Bertz CT molecular complexity index is 574. The molecule has 1 atom stereocenters. The van der Waals surface area contributed by atoms with Gasteiger partial charge in [0, 0.05) is 7.11 Å². The zero-order valence-corrected chi connectivity index (χ0v) is 11.4. The molecule has 0 aliphatic heterocycles. The van der Waals surface area contributed by atoms with E-state index in [2.05, 4.69) is 0 Å². The van der Waals surface area contributed by atoms with E-state index in [1.54, 1.807) is 6.92 Å². The highest BCUT2D eigenvalue weighted by molar-refractivity contribution is 5.98. The lowest BCUT2D eigenvalue weighted by molar-refractivity contribution is -0.145. The summed E-state index contributed by atoms with van der Waals surface area (Å²) in [5, 5.41) is 28.7. The zero-order chi connectivity index (χ0) is 15.4. The molecule has 0 saturated heterocycles. The number of carbonyl (C=O) groups is 2. The number of rotatable bonds is 5. The van der Waals surface area contributed by atoms with Crippen molar-refractivity contribution in [2.45, 2.75) is 20.0 Å². The number of ketones is 1. The smallest absolute Gasteiger partial charge is 0.336 e. The van der Waals surface area contributed by atoms with Gasteiger partial charge in [-0.3, -0.25) is 4.79 Å². The van der Waals surface area contributed by atoms with Crippen LogP contribution in [0, 0.1) is 6.92 Å². The van der Waals surface area contributed by atoms with Gasteiger partial charge in [0.05, 0.1) is 11.1 Å². The van der Waals surface area contributed by atoms with Crippen molar-refractivity contribution in [1.82, 2.24) is 0 Å². The summed E-state index contributed by atoms with van der Waals surface area (Å²) in [5.74, 6) is -2.18. The van der Waals surface area contributed by atoms with Crippen molar-refractivity contribution < 1.29 is 29.6 Å². The molecular weight excluding hydrogens is 264 g/mol. The molecule has 0 aliphatic carbocycles. The minimum Gasteiger partial charge on any atom is -0.507 e. The van der Waals surface area contributed by atoms with Gasteiger partial charge >= 0.3 is 5.97 Å². The highest BCUT2D eigenvalue weighted by Gasteiger charge is 2.17. The highest BCUT2D eigenvalue weighted by Crippen LogP contribution is 2.35. The number of methoxy groups -OCH3 is 1. The summed E-state index contributed by atoms with van der Waals surface area (Å²) in [4.78, 5) is 22.2. The summed E-state index contributed by atoms with van der Waals surface area (Å²) in [7, 11) is 1.22. The summed E-state index contributed by atoms with van der Waals surface area (Å²) < 4.78 is 4.70. The number of hydrogen-bond acceptors (Lipinski definition) is 5. The van der Waals surface area contributed by atoms with Gasteiger partial charge in [0.2, 0.25) is 0 Å². The van der Waals surface area contributed by atoms with Crippen LogP contribution in [-0.4, -0.2) is 40.3 Å². The molecule has 108 valence electrons. The van der Waals surface area contributed by atoms with Gasteiger partial charge in [-0.25, -0.2) is 4.79 Å². The molecule has 0 spiro atoms. The third kappa shape index (κ3) is 3.16. The normalized spacial score (nSPS) is 12.6. The number of Topliss-reactive ketones (excluding diaryl/α,β-unsaturated/α-hetero) is 1. The van der Waals surface area contributed by atoms with E-state index in [1.165, 1.54) is 32.3 Å². The van der Waals surface area contributed by atoms with Crippen LogP contribution in [0.5, 0.6) is 11.5 Å². The number of aliphatic carboxylic acids is 1. The minimum absolute atomic E-state index is 0.0153. The maximum Gasteiger partial charge on any atom is 0.336 e. The van der Waals surface area contributed by atoms with E-state index in [0.717, 1.165) is 0 Å². The minimum atomic E-state index is -1.21. The van der Waals surface area contributed by atoms with Gasteiger partial charge in [0.1, 0.15) is 11.5 Å². The molecule has 6 nitrogen and oxygen atoms in total. The van der Waals surface area contributed by atoms with Gasteiger partial charge < -0.3 is 20.1 Å². The first-order valence-electron chi connectivity index (χ1n) is 5.79. The van der Waals surface area contributed by atoms with Crippen LogP contribution < -0.4 is 0 Å². The summed E-state index contributed by atoms with van der Waals surface area (Å²) in [5.41, 5.74) is 0.444. The lowest BCUT2D eigenvalue weighted by atomic mass is 10.00. The lowest BCUT2D eigenvalue weighted by Gasteiger charge is -2.11. The number of phenols is 2. The molecule has 1 rings (SSSR count). The average Bonchev–Trinajstić information content (AvgIpc) is 2.37. The Hall–Kier alpha value is -2.34. The molecule has 0 fully saturated rings. The van der Waals surface area contributed by atoms with Crippen LogP contribution in [0.25, 0.3) is 6.08 Å². The van der Waals surface area contributed by atoms with E-state index in [0.29, 0.717) is 5.56 Å². The molecule has 20 heavy (non-hydrogen) atoms. The van der Waals surface area contributed by atoms with Gasteiger partial charge in [0.25, 0.3) is 0 Å². The molecule has 3 N–H and O–H groups in total. The number of carboxylic acid groups (broad SMARTS) is 1. The quantitative estimate of drug-likeness (QED) is 0.709. The second kappa shape index (κ2) is 6.21. The molecule has 0 amide bonds. The van der Waals surface area contributed by atoms with Crippen molar-refractivity contribution in [3.05, 3.63) is 28.8 Å². The molecule has 6 heteroatoms. The molecule has 1 aromatic rings. The number of carbonyl (C=O) groups excluding carboxylic acids is 1. The topological polar surface area (TPSA) is 104 Å². The van der Waals surface area contributed by atoms with Crippen LogP contribution >= 0.6 is 0 Å². The Balaban J connectivity index is 3.34. The van der Waals surface area contributed by atoms with Crippen LogP contribution in [0.3, 0.4) is 0 Å². The Morgan fingerprint density at radius 3 is 2.35 bits per heavy atom. The highest BCUT2D eigenvalue weighted by atomic mass is 16.5. The Morgan fingerprint density at radius 2 is 1.90 bits per heavy atom. The molecule has 0 heterocycles. The molecule has 0 aromatic heterocycles. The van der Waals surface area contributed by atoms with Crippen molar-refractivity contribution in [1.29, 1.82) is 0 Å². The number of hydrogen-bond donors (Lipinski definition) is 3. The second-order valence-corrected chi connectivity index (χ2v) is 4.26. The van der Waals surface area contributed by atoms with Crippen molar-refractivity contribution in [2.24, 2.45) is 0 Å². The maximum absolute atomic E-state index is 11.4. The third-order valence-electron chi connectivity index (χ3n) is 2.81. The van der Waals surface area contributed by atoms with Gasteiger partial charge in [0.15, 0.2) is 11.9 Å². The first-order valence-corrected chi connectivity index (χ1v) is 5.79. The van der Waals surface area contributed by atoms with E-state index < -0.39 is 17.8 Å². The number of aryl methyl sites for hydroxylation is 1. The van der Waals surface area contributed by atoms with Gasteiger partial charge in [-0.1, -0.05) is 0 Å². The average molecular weight is 280 g/mol. The first-order chi connectivity index (χ1) is 9.29. The maximum atomic E-state index is 11.4. The van der Waals surface area contributed by atoms with Crippen molar-refractivity contribution in [3.8, 4) is 11.5 Å². The molecule has 0 saturated carbocycles. The SMILES string of the molecule is COC(/C=C/c1c(O)c(C)cc(C(C)=O)c1O)C(=O)O. The Morgan fingerprint density at radius 1 is 1.30 bits per heavy atom. The van der Waals surface area contributed by atoms with Gasteiger partial charge in [-0.15, -0.1) is 0 Å². The molecular formula is C14H16O6. The molecule has 1 unspecified atom stereocenters. The third-order valence-corrected chi connectivity index (χ3v) is 2.81. The number of ether oxygens (including phenoxy) is 1. The fourth-order valence-electron chi connectivity index (χ4n) is 1.69. The van der Waals surface area contributed by atoms with E-state index >= 15 is 0 Å². The van der Waals surface area contributed by atoms with Gasteiger partial charge in [-0.2, -0.15) is 0 Å². The van der Waals surface area contributed by atoms with Crippen LogP contribution in [0.1, 0.15) is 28.4 Å². The van der Waals surface area contributed by atoms with Crippen molar-refractivity contribution >= 4 is 17.8 Å². The molecule has 0 radical (unpaired) electrons. The van der Waals surface area contributed by atoms with Crippen LogP contribution in [-0.2, 0) is 9.53 Å². The summed E-state index contributed by atoms with van der Waals surface area (Å²) in [6.45, 7) is 2.86. The predicted octanol–water partition coefficient (Wildman–Crippen LogP) is 1.72. The summed E-state index contributed by atoms with van der Waals surface area (Å²) in [6.07, 6.45) is 1.17. The largest absolute Gasteiger partial charge is 0.507 e. The number of benzene rings is 1. The molecule has 0 bridgehead atoms. The van der Waals surface area contributed by atoms with Gasteiger partial charge in [-0.05, 0) is 37.6 Å². The van der Waals surface area contributed by atoms with E-state index in [-0.39, 0.29) is 22.7 Å². The second-order valence-electron chi connectivity index (χ2n) is 4.26. The zero-order valence-electron chi connectivity index (χ0n) is 11.4. The fourth-order valence-corrected chi connectivity index (χ4v) is 1.69. The predicted molar refractivity (Wildman–Crippen MR) is 72.0 cm³/mol. The van der Waals surface area contributed by atoms with Crippen LogP contribution in [0.2, 0.25) is 0 Å². The number of aromatic hydroxyl groups is 2. The molecule has 0 aliphatic rings. The van der Waals surface area contributed by atoms with E-state index in [4.69, 9.17) is 9.84 Å². The Labute approximate surface area is 115 Å². The van der Waals surface area contributed by atoms with Crippen molar-refractivity contribution in [3.63, 3.8) is 0 Å². The van der Waals surface area contributed by atoms with E-state index in [1.807, 2.05) is 0 Å².